The van der Waals surface area contributed by atoms with Crippen LogP contribution in [0.5, 0.6) is 0 Å². The summed E-state index contributed by atoms with van der Waals surface area (Å²) in [5.74, 6) is -1.27. The van der Waals surface area contributed by atoms with Gasteiger partial charge in [0, 0.05) is 12.6 Å². The van der Waals surface area contributed by atoms with Crippen molar-refractivity contribution in [3.8, 4) is 0 Å². The van der Waals surface area contributed by atoms with Crippen molar-refractivity contribution in [1.82, 2.24) is 5.32 Å². The molecule has 20 heavy (non-hydrogen) atoms. The van der Waals surface area contributed by atoms with E-state index in [1.807, 2.05) is 0 Å². The molecule has 4 nitrogen and oxygen atoms in total. The SMILES string of the molecule is CNC(=O)c1ccccc1NC(=O)c1cccc(F)c1. The first kappa shape index (κ1) is 13.7. The lowest BCUT2D eigenvalue weighted by Gasteiger charge is -2.10. The molecule has 0 bridgehead atoms. The Hall–Kier alpha value is -2.69. The van der Waals surface area contributed by atoms with Crippen molar-refractivity contribution in [1.29, 1.82) is 0 Å². The first-order chi connectivity index (χ1) is 9.61. The zero-order chi connectivity index (χ0) is 14.5. The molecule has 0 heterocycles. The molecule has 0 radical (unpaired) electrons. The second-order valence-corrected chi connectivity index (χ2v) is 4.09. The summed E-state index contributed by atoms with van der Waals surface area (Å²) in [7, 11) is 1.51. The number of para-hydroxylation sites is 1. The first-order valence-corrected chi connectivity index (χ1v) is 6.00. The van der Waals surface area contributed by atoms with Gasteiger partial charge in [-0.3, -0.25) is 9.59 Å². The standard InChI is InChI=1S/C15H13FN2O2/c1-17-15(20)12-7-2-3-8-13(12)18-14(19)10-5-4-6-11(16)9-10/h2-9H,1H3,(H,17,20)(H,18,19). The number of rotatable bonds is 3. The van der Waals surface area contributed by atoms with Crippen molar-refractivity contribution < 1.29 is 14.0 Å². The van der Waals surface area contributed by atoms with Gasteiger partial charge in [0.25, 0.3) is 11.8 Å². The van der Waals surface area contributed by atoms with Crippen LogP contribution in [0.3, 0.4) is 0 Å². The highest BCUT2D eigenvalue weighted by molar-refractivity contribution is 6.08. The molecule has 5 heteroatoms. The van der Waals surface area contributed by atoms with E-state index in [0.717, 1.165) is 6.07 Å². The lowest BCUT2D eigenvalue weighted by molar-refractivity contribution is 0.0964. The first-order valence-electron chi connectivity index (χ1n) is 6.00. The molecule has 2 aromatic rings. The molecule has 0 aromatic heterocycles. The largest absolute Gasteiger partial charge is 0.355 e. The third-order valence-electron chi connectivity index (χ3n) is 2.73. The van der Waals surface area contributed by atoms with Gasteiger partial charge in [-0.2, -0.15) is 0 Å². The molecule has 0 unspecified atom stereocenters. The van der Waals surface area contributed by atoms with E-state index >= 15 is 0 Å². The molecule has 102 valence electrons. The summed E-state index contributed by atoms with van der Waals surface area (Å²) < 4.78 is 13.1. The minimum absolute atomic E-state index is 0.191. The summed E-state index contributed by atoms with van der Waals surface area (Å²) in [4.78, 5) is 23.7. The Morgan fingerprint density at radius 3 is 2.45 bits per heavy atom. The maximum absolute atomic E-state index is 13.1. The molecule has 0 aliphatic heterocycles. The van der Waals surface area contributed by atoms with Crippen LogP contribution in [0.15, 0.2) is 48.5 Å². The van der Waals surface area contributed by atoms with E-state index in [-0.39, 0.29) is 11.5 Å². The van der Waals surface area contributed by atoms with E-state index in [1.165, 1.54) is 25.2 Å². The quantitative estimate of drug-likeness (QED) is 0.901. The van der Waals surface area contributed by atoms with Crippen molar-refractivity contribution in [3.63, 3.8) is 0 Å². The van der Waals surface area contributed by atoms with E-state index < -0.39 is 11.7 Å². The van der Waals surface area contributed by atoms with Crippen molar-refractivity contribution in [2.75, 3.05) is 12.4 Å². The number of hydrogen-bond donors (Lipinski definition) is 2. The molecule has 0 spiro atoms. The van der Waals surface area contributed by atoms with Crippen LogP contribution in [-0.4, -0.2) is 18.9 Å². The van der Waals surface area contributed by atoms with Crippen LogP contribution >= 0.6 is 0 Å². The highest BCUT2D eigenvalue weighted by Gasteiger charge is 2.13. The Bertz CT molecular complexity index is 656. The highest BCUT2D eigenvalue weighted by atomic mass is 19.1. The van der Waals surface area contributed by atoms with Gasteiger partial charge in [0.15, 0.2) is 0 Å². The lowest BCUT2D eigenvalue weighted by atomic mass is 10.1. The summed E-state index contributed by atoms with van der Waals surface area (Å²) in [6, 6.07) is 12.0. The van der Waals surface area contributed by atoms with Crippen molar-refractivity contribution >= 4 is 17.5 Å². The third-order valence-corrected chi connectivity index (χ3v) is 2.73. The predicted molar refractivity (Wildman–Crippen MR) is 74.2 cm³/mol. The summed E-state index contributed by atoms with van der Waals surface area (Å²) in [5, 5.41) is 5.10. The van der Waals surface area contributed by atoms with Gasteiger partial charge < -0.3 is 10.6 Å². The summed E-state index contributed by atoms with van der Waals surface area (Å²) >= 11 is 0. The predicted octanol–water partition coefficient (Wildman–Crippen LogP) is 2.44. The van der Waals surface area contributed by atoms with Gasteiger partial charge in [-0.05, 0) is 30.3 Å². The van der Waals surface area contributed by atoms with Crippen LogP contribution in [0.4, 0.5) is 10.1 Å². The van der Waals surface area contributed by atoms with E-state index in [9.17, 15) is 14.0 Å². The average molecular weight is 272 g/mol. The molecule has 0 fully saturated rings. The van der Waals surface area contributed by atoms with Gasteiger partial charge in [0.2, 0.25) is 0 Å². The Labute approximate surface area is 115 Å². The molecule has 0 aliphatic rings. The van der Waals surface area contributed by atoms with Crippen LogP contribution in [0.1, 0.15) is 20.7 Å². The number of carbonyl (C=O) groups is 2. The summed E-state index contributed by atoms with van der Waals surface area (Å²) in [6.07, 6.45) is 0. The van der Waals surface area contributed by atoms with Crippen LogP contribution < -0.4 is 10.6 Å². The van der Waals surface area contributed by atoms with E-state index in [1.54, 1.807) is 24.3 Å². The van der Waals surface area contributed by atoms with Crippen molar-refractivity contribution in [3.05, 3.63) is 65.5 Å². The molecule has 2 N–H and O–H groups in total. The lowest BCUT2D eigenvalue weighted by Crippen LogP contribution is -2.21. The van der Waals surface area contributed by atoms with Gasteiger partial charge in [0.1, 0.15) is 5.82 Å². The fourth-order valence-electron chi connectivity index (χ4n) is 1.75. The zero-order valence-corrected chi connectivity index (χ0v) is 10.8. The fraction of sp³-hybridized carbons (Fsp3) is 0.0667. The third kappa shape index (κ3) is 3.00. The zero-order valence-electron chi connectivity index (χ0n) is 10.8. The maximum atomic E-state index is 13.1. The normalized spacial score (nSPS) is 9.90. The van der Waals surface area contributed by atoms with Gasteiger partial charge in [-0.1, -0.05) is 18.2 Å². The summed E-state index contributed by atoms with van der Waals surface area (Å²) in [5.41, 5.74) is 0.914. The van der Waals surface area contributed by atoms with Crippen LogP contribution in [0.25, 0.3) is 0 Å². The molecule has 2 aromatic carbocycles. The van der Waals surface area contributed by atoms with Crippen LogP contribution in [0.2, 0.25) is 0 Å². The number of amides is 2. The molecule has 0 aliphatic carbocycles. The molecule has 0 saturated carbocycles. The second-order valence-electron chi connectivity index (χ2n) is 4.09. The van der Waals surface area contributed by atoms with Gasteiger partial charge in [0.05, 0.1) is 11.3 Å². The smallest absolute Gasteiger partial charge is 0.255 e. The maximum Gasteiger partial charge on any atom is 0.255 e. The van der Waals surface area contributed by atoms with Crippen molar-refractivity contribution in [2.45, 2.75) is 0 Å². The summed E-state index contributed by atoms with van der Waals surface area (Å²) in [6.45, 7) is 0. The Balaban J connectivity index is 2.26. The molecule has 0 saturated heterocycles. The number of nitrogens with one attached hydrogen (secondary N) is 2. The molecular formula is C15H13FN2O2. The number of halogens is 1. The van der Waals surface area contributed by atoms with Crippen LogP contribution in [0, 0.1) is 5.82 Å². The Kier molecular flexibility index (Phi) is 4.10. The Morgan fingerprint density at radius 2 is 1.75 bits per heavy atom. The topological polar surface area (TPSA) is 58.2 Å². The number of hydrogen-bond acceptors (Lipinski definition) is 2. The minimum Gasteiger partial charge on any atom is -0.355 e. The molecular weight excluding hydrogens is 259 g/mol. The Morgan fingerprint density at radius 1 is 1.00 bits per heavy atom. The number of carbonyl (C=O) groups excluding carboxylic acids is 2. The van der Waals surface area contributed by atoms with E-state index in [0.29, 0.717) is 11.3 Å². The second kappa shape index (κ2) is 5.97. The monoisotopic (exact) mass is 272 g/mol. The molecule has 2 rings (SSSR count). The van der Waals surface area contributed by atoms with Gasteiger partial charge in [-0.15, -0.1) is 0 Å². The highest BCUT2D eigenvalue weighted by Crippen LogP contribution is 2.16. The minimum atomic E-state index is -0.489. The van der Waals surface area contributed by atoms with Crippen molar-refractivity contribution in [2.24, 2.45) is 0 Å². The number of benzene rings is 2. The van der Waals surface area contributed by atoms with E-state index in [4.69, 9.17) is 0 Å². The molecule has 0 atom stereocenters. The number of anilines is 1. The molecule has 2 amide bonds. The van der Waals surface area contributed by atoms with E-state index in [2.05, 4.69) is 10.6 Å². The van der Waals surface area contributed by atoms with Gasteiger partial charge in [-0.25, -0.2) is 4.39 Å². The average Bonchev–Trinajstić information content (AvgIpc) is 2.47. The van der Waals surface area contributed by atoms with Crippen LogP contribution in [-0.2, 0) is 0 Å². The van der Waals surface area contributed by atoms with Gasteiger partial charge >= 0.3 is 0 Å². The fourth-order valence-corrected chi connectivity index (χ4v) is 1.75.